The maximum Gasteiger partial charge on any atom is 0.304 e. The van der Waals surface area contributed by atoms with Crippen molar-refractivity contribution in [3.63, 3.8) is 0 Å². The molecule has 2 atom stereocenters. The first-order valence-corrected chi connectivity index (χ1v) is 7.67. The molecule has 0 bridgehead atoms. The van der Waals surface area contributed by atoms with Crippen LogP contribution in [0.25, 0.3) is 0 Å². The summed E-state index contributed by atoms with van der Waals surface area (Å²) in [5.41, 5.74) is -0.536. The molecule has 112 valence electrons. The summed E-state index contributed by atoms with van der Waals surface area (Å²) in [5.74, 6) is -1.22. The zero-order valence-corrected chi connectivity index (χ0v) is 12.1. The van der Waals surface area contributed by atoms with Crippen molar-refractivity contribution < 1.29 is 18.3 Å². The van der Waals surface area contributed by atoms with E-state index < -0.39 is 27.6 Å². The van der Waals surface area contributed by atoms with E-state index in [1.54, 1.807) is 6.92 Å². The van der Waals surface area contributed by atoms with Gasteiger partial charge >= 0.3 is 5.97 Å². The Morgan fingerprint density at radius 1 is 1.50 bits per heavy atom. The zero-order chi connectivity index (χ0) is 15.3. The molecule has 0 unspecified atom stereocenters. The Kier molecular flexibility index (Phi) is 5.46. The van der Waals surface area contributed by atoms with E-state index in [4.69, 9.17) is 5.11 Å². The Bertz CT molecular complexity index is 623. The lowest BCUT2D eigenvalue weighted by molar-refractivity contribution is -0.137. The van der Waals surface area contributed by atoms with Crippen LogP contribution < -0.4 is 10.3 Å². The van der Waals surface area contributed by atoms with Gasteiger partial charge in [0, 0.05) is 18.3 Å². The van der Waals surface area contributed by atoms with Gasteiger partial charge in [0.2, 0.25) is 15.6 Å². The molecule has 0 aromatic carbocycles. The van der Waals surface area contributed by atoms with E-state index in [1.165, 1.54) is 12.3 Å². The molecule has 1 aromatic heterocycles. The lowest BCUT2D eigenvalue weighted by Gasteiger charge is -2.22. The molecule has 1 rings (SSSR count). The van der Waals surface area contributed by atoms with Gasteiger partial charge in [0.15, 0.2) is 0 Å². The Morgan fingerprint density at radius 3 is 2.65 bits per heavy atom. The normalized spacial score (nSPS) is 14.7. The highest BCUT2D eigenvalue weighted by Gasteiger charge is 2.25. The molecule has 0 spiro atoms. The molecule has 1 heterocycles. The van der Waals surface area contributed by atoms with Crippen molar-refractivity contribution in [2.45, 2.75) is 37.6 Å². The zero-order valence-electron chi connectivity index (χ0n) is 11.3. The fourth-order valence-corrected chi connectivity index (χ4v) is 3.05. The Balaban J connectivity index is 3.02. The molecule has 0 saturated carbocycles. The molecule has 20 heavy (non-hydrogen) atoms. The van der Waals surface area contributed by atoms with Crippen LogP contribution in [0, 0.1) is 5.92 Å². The summed E-state index contributed by atoms with van der Waals surface area (Å²) < 4.78 is 26.6. The van der Waals surface area contributed by atoms with Crippen LogP contribution in [-0.2, 0) is 14.8 Å². The summed E-state index contributed by atoms with van der Waals surface area (Å²) in [6.07, 6.45) is 1.56. The van der Waals surface area contributed by atoms with Gasteiger partial charge in [-0.1, -0.05) is 20.3 Å². The minimum Gasteiger partial charge on any atom is -0.481 e. The monoisotopic (exact) mass is 302 g/mol. The number of pyridine rings is 1. The third-order valence-electron chi connectivity index (χ3n) is 3.09. The number of aliphatic carboxylic acids is 1. The van der Waals surface area contributed by atoms with Crippen molar-refractivity contribution in [2.75, 3.05) is 0 Å². The fourth-order valence-electron chi connectivity index (χ4n) is 1.69. The van der Waals surface area contributed by atoms with Crippen LogP contribution >= 0.6 is 0 Å². The second kappa shape index (κ2) is 6.67. The van der Waals surface area contributed by atoms with E-state index in [0.29, 0.717) is 6.42 Å². The summed E-state index contributed by atoms with van der Waals surface area (Å²) >= 11 is 0. The van der Waals surface area contributed by atoms with E-state index in [-0.39, 0.29) is 17.2 Å². The lowest BCUT2D eigenvalue weighted by Crippen LogP contribution is -2.41. The maximum atomic E-state index is 12.1. The number of hydrogen-bond acceptors (Lipinski definition) is 4. The maximum absolute atomic E-state index is 12.1. The average Bonchev–Trinajstić information content (AvgIpc) is 2.36. The van der Waals surface area contributed by atoms with E-state index in [1.807, 2.05) is 6.92 Å². The first kappa shape index (κ1) is 16.4. The van der Waals surface area contributed by atoms with Crippen molar-refractivity contribution in [2.24, 2.45) is 5.92 Å². The second-order valence-corrected chi connectivity index (χ2v) is 6.31. The summed E-state index contributed by atoms with van der Waals surface area (Å²) in [5, 5.41) is 8.85. The first-order valence-electron chi connectivity index (χ1n) is 6.19. The smallest absolute Gasteiger partial charge is 0.304 e. The SMILES string of the molecule is CC[C@H](C)[C@@H](CC(=O)O)NS(=O)(=O)c1cc[nH]c(=O)c1. The number of carboxylic acids is 1. The van der Waals surface area contributed by atoms with Crippen molar-refractivity contribution in [1.29, 1.82) is 0 Å². The number of nitrogens with one attached hydrogen (secondary N) is 2. The molecule has 0 aliphatic heterocycles. The summed E-state index contributed by atoms with van der Waals surface area (Å²) in [4.78, 5) is 24.1. The van der Waals surface area contributed by atoms with Gasteiger partial charge in [-0.2, -0.15) is 0 Å². The Labute approximate surface area is 117 Å². The summed E-state index contributed by atoms with van der Waals surface area (Å²) in [6, 6.07) is 1.48. The third kappa shape index (κ3) is 4.46. The highest BCUT2D eigenvalue weighted by molar-refractivity contribution is 7.89. The first-order chi connectivity index (χ1) is 9.26. The van der Waals surface area contributed by atoms with E-state index in [2.05, 4.69) is 9.71 Å². The van der Waals surface area contributed by atoms with E-state index >= 15 is 0 Å². The van der Waals surface area contributed by atoms with Crippen LogP contribution in [0.2, 0.25) is 0 Å². The van der Waals surface area contributed by atoms with E-state index in [0.717, 1.165) is 6.07 Å². The quantitative estimate of drug-likeness (QED) is 0.680. The minimum absolute atomic E-state index is 0.136. The topological polar surface area (TPSA) is 116 Å². The number of aromatic amines is 1. The summed E-state index contributed by atoms with van der Waals surface area (Å²) in [6.45, 7) is 3.62. The molecule has 3 N–H and O–H groups in total. The highest BCUT2D eigenvalue weighted by atomic mass is 32.2. The number of sulfonamides is 1. The molecule has 0 saturated heterocycles. The van der Waals surface area contributed by atoms with Crippen molar-refractivity contribution in [1.82, 2.24) is 9.71 Å². The van der Waals surface area contributed by atoms with Gasteiger partial charge in [-0.25, -0.2) is 13.1 Å². The van der Waals surface area contributed by atoms with Gasteiger partial charge in [-0.3, -0.25) is 9.59 Å². The van der Waals surface area contributed by atoms with Gasteiger partial charge in [0.1, 0.15) is 0 Å². The lowest BCUT2D eigenvalue weighted by atomic mass is 9.97. The van der Waals surface area contributed by atoms with Crippen LogP contribution in [0.5, 0.6) is 0 Å². The number of carboxylic acid groups (broad SMARTS) is 1. The third-order valence-corrected chi connectivity index (χ3v) is 4.58. The molecule has 7 nitrogen and oxygen atoms in total. The number of aromatic nitrogens is 1. The Morgan fingerprint density at radius 2 is 2.15 bits per heavy atom. The van der Waals surface area contributed by atoms with Crippen LogP contribution in [0.3, 0.4) is 0 Å². The largest absolute Gasteiger partial charge is 0.481 e. The van der Waals surface area contributed by atoms with Crippen LogP contribution in [0.15, 0.2) is 28.0 Å². The van der Waals surface area contributed by atoms with Crippen LogP contribution in [0.4, 0.5) is 0 Å². The molecule has 0 radical (unpaired) electrons. The molecule has 8 heteroatoms. The number of rotatable bonds is 7. The second-order valence-electron chi connectivity index (χ2n) is 4.60. The van der Waals surface area contributed by atoms with Crippen molar-refractivity contribution in [3.05, 3.63) is 28.7 Å². The van der Waals surface area contributed by atoms with E-state index in [9.17, 15) is 18.0 Å². The number of hydrogen-bond donors (Lipinski definition) is 3. The van der Waals surface area contributed by atoms with Crippen molar-refractivity contribution >= 4 is 16.0 Å². The fraction of sp³-hybridized carbons (Fsp3) is 0.500. The average molecular weight is 302 g/mol. The van der Waals surface area contributed by atoms with Crippen molar-refractivity contribution in [3.8, 4) is 0 Å². The molecule has 0 amide bonds. The number of carbonyl (C=O) groups is 1. The standard InChI is InChI=1S/C12H18N2O5S/c1-3-8(2)10(7-12(16)17)14-20(18,19)9-4-5-13-11(15)6-9/h4-6,8,10,14H,3,7H2,1-2H3,(H,13,15)(H,16,17)/t8-,10+/m0/s1. The van der Waals surface area contributed by atoms with Gasteiger partial charge in [0.05, 0.1) is 11.3 Å². The van der Waals surface area contributed by atoms with Gasteiger partial charge < -0.3 is 10.1 Å². The highest BCUT2D eigenvalue weighted by Crippen LogP contribution is 2.15. The van der Waals surface area contributed by atoms with Gasteiger partial charge in [-0.15, -0.1) is 0 Å². The predicted molar refractivity (Wildman–Crippen MR) is 72.9 cm³/mol. The molecular weight excluding hydrogens is 284 g/mol. The Hall–Kier alpha value is -1.67. The molecule has 0 aliphatic rings. The minimum atomic E-state index is -3.92. The van der Waals surface area contributed by atoms with Gasteiger partial charge in [0.25, 0.3) is 0 Å². The molecular formula is C12H18N2O5S. The molecule has 0 fully saturated rings. The molecule has 1 aromatic rings. The number of H-pyrrole nitrogens is 1. The predicted octanol–water partition coefficient (Wildman–Crippen LogP) is 0.543. The summed E-state index contributed by atoms with van der Waals surface area (Å²) in [7, 11) is -3.92. The van der Waals surface area contributed by atoms with Crippen LogP contribution in [-0.4, -0.2) is 30.5 Å². The van der Waals surface area contributed by atoms with Gasteiger partial charge in [-0.05, 0) is 12.0 Å². The molecule has 0 aliphatic carbocycles. The van der Waals surface area contributed by atoms with Crippen LogP contribution in [0.1, 0.15) is 26.7 Å².